The number of ether oxygens (including phenoxy) is 1. The molecule has 0 saturated carbocycles. The molecule has 0 aromatic rings. The zero-order valence-electron chi connectivity index (χ0n) is 10.2. The first-order valence-corrected chi connectivity index (χ1v) is 4.92. The van der Waals surface area contributed by atoms with Gasteiger partial charge in [-0.25, -0.2) is 31.0 Å². The van der Waals surface area contributed by atoms with E-state index >= 15 is 0 Å². The summed E-state index contributed by atoms with van der Waals surface area (Å²) in [5.74, 6) is -0.789. The number of aliphatic carboxylic acids is 4. The van der Waals surface area contributed by atoms with Crippen molar-refractivity contribution in [3.63, 3.8) is 0 Å². The maximum absolute atomic E-state index is 11.2. The predicted molar refractivity (Wildman–Crippen MR) is 57.4 cm³/mol. The Kier molecular flexibility index (Phi) is 6.15. The normalized spacial score (nSPS) is 11.9. The molecule has 0 spiro atoms. The summed E-state index contributed by atoms with van der Waals surface area (Å²) < 4.78 is 4.40. The molecule has 8 N–H and O–H groups in total. The van der Waals surface area contributed by atoms with E-state index in [-0.39, 0.29) is 0 Å². The Morgan fingerprint density at radius 1 is 0.762 bits per heavy atom. The Balaban J connectivity index is 6.29. The molecule has 13 nitrogen and oxygen atoms in total. The van der Waals surface area contributed by atoms with Gasteiger partial charge in [-0.3, -0.25) is 4.84 Å². The highest BCUT2D eigenvalue weighted by Crippen LogP contribution is 2.31. The fourth-order valence-electron chi connectivity index (χ4n) is 1.44. The van der Waals surface area contributed by atoms with E-state index in [0.29, 0.717) is 0 Å². The maximum atomic E-state index is 11.2. The number of carbonyl (C=O) groups is 4. The highest BCUT2D eigenvalue weighted by Gasteiger charge is 2.75. The molecule has 0 aliphatic rings. The molecule has 0 heterocycles. The van der Waals surface area contributed by atoms with Crippen molar-refractivity contribution in [1.82, 2.24) is 0 Å². The molecular weight excluding hydrogens is 300 g/mol. The van der Waals surface area contributed by atoms with E-state index in [1.807, 2.05) is 0 Å². The van der Waals surface area contributed by atoms with Crippen LogP contribution in [0.15, 0.2) is 0 Å². The van der Waals surface area contributed by atoms with Gasteiger partial charge in [-0.1, -0.05) is 0 Å². The zero-order valence-corrected chi connectivity index (χ0v) is 10.2. The van der Waals surface area contributed by atoms with Gasteiger partial charge < -0.3 is 30.0 Å². The second-order valence-corrected chi connectivity index (χ2v) is 3.42. The summed E-state index contributed by atoms with van der Waals surface area (Å²) in [5, 5.41) is 35.9. The van der Waals surface area contributed by atoms with E-state index in [0.717, 1.165) is 0 Å². The summed E-state index contributed by atoms with van der Waals surface area (Å²) in [4.78, 5) is 52.4. The van der Waals surface area contributed by atoms with Gasteiger partial charge in [-0.15, -0.1) is 0 Å². The minimum absolute atomic E-state index is 0.567. The largest absolute Gasteiger partial charge is 0.479 e. The molecular formula is C8H12N2O11. The minimum Gasteiger partial charge on any atom is -0.479 e. The third kappa shape index (κ3) is 2.76. The average Bonchev–Trinajstić information content (AvgIpc) is 2.36. The van der Waals surface area contributed by atoms with Crippen molar-refractivity contribution in [2.75, 3.05) is 13.2 Å². The molecule has 0 bridgehead atoms. The van der Waals surface area contributed by atoms with Crippen molar-refractivity contribution in [2.24, 2.45) is 11.8 Å². The molecule has 0 radical (unpaired) electrons. The van der Waals surface area contributed by atoms with Crippen molar-refractivity contribution in [3.05, 3.63) is 0 Å². The van der Waals surface area contributed by atoms with E-state index in [1.54, 1.807) is 0 Å². The van der Waals surface area contributed by atoms with Crippen LogP contribution in [-0.2, 0) is 33.6 Å². The monoisotopic (exact) mass is 312 g/mol. The molecule has 0 amide bonds. The number of hydrogen-bond donors (Lipinski definition) is 6. The third-order valence-electron chi connectivity index (χ3n) is 2.40. The van der Waals surface area contributed by atoms with Gasteiger partial charge in [0.1, 0.15) is 0 Å². The number of carboxylic acid groups (broad SMARTS) is 4. The van der Waals surface area contributed by atoms with Crippen LogP contribution < -0.4 is 11.8 Å². The zero-order chi connectivity index (χ0) is 16.8. The minimum atomic E-state index is -3.96. The Hall–Kier alpha value is -2.32. The summed E-state index contributed by atoms with van der Waals surface area (Å²) in [7, 11) is 0. The second kappa shape index (κ2) is 6.91. The summed E-state index contributed by atoms with van der Waals surface area (Å²) in [5.41, 5.74) is -7.85. The Morgan fingerprint density at radius 2 is 1.14 bits per heavy atom. The van der Waals surface area contributed by atoms with Crippen LogP contribution in [0, 0.1) is 0 Å². The SMILES string of the molecule is NOCCOC(C(=O)O)(C(=O)O)C(ON)(C(=O)O)C(=O)O. The topological polar surface area (TPSA) is 229 Å². The van der Waals surface area contributed by atoms with Crippen molar-refractivity contribution in [3.8, 4) is 0 Å². The summed E-state index contributed by atoms with van der Waals surface area (Å²) in [6.07, 6.45) is 0. The summed E-state index contributed by atoms with van der Waals surface area (Å²) in [6.45, 7) is -1.44. The smallest absolute Gasteiger partial charge is 0.354 e. The van der Waals surface area contributed by atoms with E-state index < -0.39 is 48.3 Å². The lowest BCUT2D eigenvalue weighted by atomic mass is 9.82. The van der Waals surface area contributed by atoms with Crippen LogP contribution in [0.1, 0.15) is 0 Å². The quantitative estimate of drug-likeness (QED) is 0.131. The van der Waals surface area contributed by atoms with Crippen LogP contribution in [0.2, 0.25) is 0 Å². The first-order valence-electron chi connectivity index (χ1n) is 4.92. The highest BCUT2D eigenvalue weighted by atomic mass is 16.7. The van der Waals surface area contributed by atoms with E-state index in [9.17, 15) is 19.2 Å². The van der Waals surface area contributed by atoms with Crippen LogP contribution in [0.5, 0.6) is 0 Å². The van der Waals surface area contributed by atoms with Gasteiger partial charge in [-0.05, 0) is 0 Å². The number of rotatable bonds is 10. The lowest BCUT2D eigenvalue weighted by molar-refractivity contribution is -0.241. The Bertz CT molecular complexity index is 420. The van der Waals surface area contributed by atoms with Gasteiger partial charge in [0.15, 0.2) is 0 Å². The highest BCUT2D eigenvalue weighted by molar-refractivity contribution is 6.18. The molecule has 0 fully saturated rings. The maximum Gasteiger partial charge on any atom is 0.354 e. The average molecular weight is 312 g/mol. The molecule has 0 aromatic carbocycles. The molecule has 13 heteroatoms. The lowest BCUT2D eigenvalue weighted by Gasteiger charge is -2.35. The summed E-state index contributed by atoms with van der Waals surface area (Å²) in [6, 6.07) is 0. The van der Waals surface area contributed by atoms with Crippen molar-refractivity contribution in [2.45, 2.75) is 11.2 Å². The van der Waals surface area contributed by atoms with Crippen LogP contribution in [0.4, 0.5) is 0 Å². The van der Waals surface area contributed by atoms with Gasteiger partial charge in [0.25, 0.3) is 0 Å². The first-order chi connectivity index (χ1) is 9.64. The third-order valence-corrected chi connectivity index (χ3v) is 2.40. The second-order valence-electron chi connectivity index (χ2n) is 3.42. The molecule has 120 valence electrons. The fraction of sp³-hybridized carbons (Fsp3) is 0.500. The molecule has 0 aliphatic carbocycles. The molecule has 0 atom stereocenters. The molecule has 0 aromatic heterocycles. The molecule has 21 heavy (non-hydrogen) atoms. The van der Waals surface area contributed by atoms with E-state index in [2.05, 4.69) is 26.2 Å². The van der Waals surface area contributed by atoms with Crippen molar-refractivity contribution < 1.29 is 54.0 Å². The lowest BCUT2D eigenvalue weighted by Crippen LogP contribution is -2.74. The Labute approximate surface area is 115 Å². The van der Waals surface area contributed by atoms with Crippen LogP contribution >= 0.6 is 0 Å². The van der Waals surface area contributed by atoms with E-state index in [4.69, 9.17) is 20.4 Å². The number of carboxylic acids is 4. The van der Waals surface area contributed by atoms with Gasteiger partial charge in [-0.2, -0.15) is 0 Å². The standard InChI is InChI=1S/C8H12N2O11/c9-20-2-1-19-7(3(11)12,4(13)14)8(21-10,5(15)16)6(17)18/h1-2,9-10H2,(H,11,12)(H,13,14)(H,15,16)(H,17,18). The van der Waals surface area contributed by atoms with Crippen LogP contribution in [-0.4, -0.2) is 68.7 Å². The number of nitrogens with two attached hydrogens (primary N) is 2. The first kappa shape index (κ1) is 18.7. The van der Waals surface area contributed by atoms with Crippen molar-refractivity contribution in [1.29, 1.82) is 0 Å². The molecule has 0 saturated heterocycles. The molecule has 0 unspecified atom stereocenters. The number of hydrogen-bond acceptors (Lipinski definition) is 9. The fourth-order valence-corrected chi connectivity index (χ4v) is 1.44. The van der Waals surface area contributed by atoms with Crippen LogP contribution in [0.25, 0.3) is 0 Å². The molecule has 0 aliphatic heterocycles. The van der Waals surface area contributed by atoms with Gasteiger partial charge in [0.2, 0.25) is 0 Å². The van der Waals surface area contributed by atoms with Gasteiger partial charge in [0.05, 0.1) is 13.2 Å². The van der Waals surface area contributed by atoms with E-state index in [1.165, 1.54) is 0 Å². The summed E-state index contributed by atoms with van der Waals surface area (Å²) >= 11 is 0. The van der Waals surface area contributed by atoms with Gasteiger partial charge in [0, 0.05) is 0 Å². The van der Waals surface area contributed by atoms with Gasteiger partial charge >= 0.3 is 35.1 Å². The van der Waals surface area contributed by atoms with Crippen LogP contribution in [0.3, 0.4) is 0 Å². The van der Waals surface area contributed by atoms with Crippen molar-refractivity contribution >= 4 is 23.9 Å². The molecule has 0 rings (SSSR count). The Morgan fingerprint density at radius 3 is 1.38 bits per heavy atom. The predicted octanol–water partition coefficient (Wildman–Crippen LogP) is -3.40.